The summed E-state index contributed by atoms with van der Waals surface area (Å²) in [5.74, 6) is -0.616. The van der Waals surface area contributed by atoms with Crippen LogP contribution in [0.2, 0.25) is 0 Å². The summed E-state index contributed by atoms with van der Waals surface area (Å²) in [6.45, 7) is 10.3. The Balaban J connectivity index is 1.29. The van der Waals surface area contributed by atoms with E-state index >= 15 is 0 Å². The van der Waals surface area contributed by atoms with Crippen LogP contribution in [-0.2, 0) is 9.59 Å². The maximum absolute atomic E-state index is 13.6. The zero-order valence-corrected chi connectivity index (χ0v) is 29.9. The Hall–Kier alpha value is -4.99. The molecule has 0 aliphatic rings. The summed E-state index contributed by atoms with van der Waals surface area (Å²) in [7, 11) is 0. The van der Waals surface area contributed by atoms with Gasteiger partial charge in [-0.1, -0.05) is 99.1 Å². The predicted octanol–water partition coefficient (Wildman–Crippen LogP) is 9.47. The zero-order valence-electron chi connectivity index (χ0n) is 28.2. The van der Waals surface area contributed by atoms with E-state index in [0.29, 0.717) is 28.7 Å². The van der Waals surface area contributed by atoms with Gasteiger partial charge >= 0.3 is 0 Å². The number of carbonyl (C=O) groups excluding carboxylic acids is 3. The van der Waals surface area contributed by atoms with Crippen molar-refractivity contribution in [3.8, 4) is 11.3 Å². The molecule has 0 aliphatic heterocycles. The fourth-order valence-electron chi connectivity index (χ4n) is 5.03. The standard InChI is InChI=1S/C40H40N4O3S2/c1-6-35(39(47)44-40-43-36(27(5)48-40)30-19-15-26(4)16-20-30)49-33-14-10-13-32(24-33)41-38(46)34(42-37(45)31-11-8-7-9-12-31)23-28-17-21-29(22-18-28)25(2)3/h7-25,35H,6H2,1-5H3,(H,41,46)(H,42,45)(H,43,44,47)/b34-23+. The SMILES string of the molecule is CCC(Sc1cccc(NC(=O)/C(=C\c2ccc(C(C)C)cc2)NC(=O)c2ccccc2)c1)C(=O)Nc1nc(-c2ccc(C)cc2)c(C)s1. The van der Waals surface area contributed by atoms with Gasteiger partial charge in [0.05, 0.1) is 10.9 Å². The molecule has 1 aromatic heterocycles. The summed E-state index contributed by atoms with van der Waals surface area (Å²) in [6, 6.07) is 32.2. The lowest BCUT2D eigenvalue weighted by atomic mass is 10.0. The molecule has 1 atom stereocenters. The van der Waals surface area contributed by atoms with Gasteiger partial charge in [-0.3, -0.25) is 14.4 Å². The Morgan fingerprint density at radius 3 is 2.24 bits per heavy atom. The third-order valence-corrected chi connectivity index (χ3v) is 10.1. The van der Waals surface area contributed by atoms with Crippen LogP contribution in [0, 0.1) is 13.8 Å². The van der Waals surface area contributed by atoms with Crippen molar-refractivity contribution in [2.75, 3.05) is 10.6 Å². The Morgan fingerprint density at radius 2 is 1.57 bits per heavy atom. The summed E-state index contributed by atoms with van der Waals surface area (Å²) in [4.78, 5) is 46.6. The van der Waals surface area contributed by atoms with Gasteiger partial charge in [0.1, 0.15) is 5.70 Å². The number of nitrogens with one attached hydrogen (secondary N) is 3. The Labute approximate surface area is 296 Å². The minimum Gasteiger partial charge on any atom is -0.321 e. The highest BCUT2D eigenvalue weighted by Gasteiger charge is 2.21. The largest absolute Gasteiger partial charge is 0.321 e. The van der Waals surface area contributed by atoms with E-state index in [2.05, 4.69) is 41.9 Å². The van der Waals surface area contributed by atoms with Gasteiger partial charge in [-0.15, -0.1) is 23.1 Å². The highest BCUT2D eigenvalue weighted by atomic mass is 32.2. The van der Waals surface area contributed by atoms with Gasteiger partial charge in [0.25, 0.3) is 11.8 Å². The molecule has 0 radical (unpaired) electrons. The molecule has 1 heterocycles. The van der Waals surface area contributed by atoms with Crippen molar-refractivity contribution in [1.82, 2.24) is 10.3 Å². The van der Waals surface area contributed by atoms with Crippen LogP contribution in [0.15, 0.2) is 114 Å². The lowest BCUT2D eigenvalue weighted by molar-refractivity contribution is -0.116. The van der Waals surface area contributed by atoms with Crippen LogP contribution < -0.4 is 16.0 Å². The quantitative estimate of drug-likeness (QED) is 0.0896. The van der Waals surface area contributed by atoms with Gasteiger partial charge in [0.15, 0.2) is 5.13 Å². The van der Waals surface area contributed by atoms with E-state index in [-0.39, 0.29) is 22.8 Å². The molecule has 4 aromatic carbocycles. The number of benzene rings is 4. The number of rotatable bonds is 12. The summed E-state index contributed by atoms with van der Waals surface area (Å²) < 4.78 is 0. The van der Waals surface area contributed by atoms with E-state index in [1.54, 1.807) is 36.4 Å². The van der Waals surface area contributed by atoms with Crippen LogP contribution in [0.3, 0.4) is 0 Å². The summed E-state index contributed by atoms with van der Waals surface area (Å²) >= 11 is 2.88. The maximum Gasteiger partial charge on any atom is 0.272 e. The van der Waals surface area contributed by atoms with E-state index in [0.717, 1.165) is 26.6 Å². The average molecular weight is 689 g/mol. The van der Waals surface area contributed by atoms with Crippen LogP contribution in [0.5, 0.6) is 0 Å². The molecule has 0 aliphatic carbocycles. The number of hydrogen-bond donors (Lipinski definition) is 3. The Kier molecular flexibility index (Phi) is 11.8. The lowest BCUT2D eigenvalue weighted by Gasteiger charge is -2.15. The van der Waals surface area contributed by atoms with Gasteiger partial charge in [-0.2, -0.15) is 0 Å². The highest BCUT2D eigenvalue weighted by Crippen LogP contribution is 2.33. The van der Waals surface area contributed by atoms with Crippen LogP contribution in [0.4, 0.5) is 10.8 Å². The second-order valence-corrected chi connectivity index (χ2v) is 14.5. The number of thioether (sulfide) groups is 1. The minimum absolute atomic E-state index is 0.110. The summed E-state index contributed by atoms with van der Waals surface area (Å²) in [5.41, 5.74) is 6.11. The number of hydrogen-bond acceptors (Lipinski definition) is 6. The molecule has 0 bridgehead atoms. The molecule has 9 heteroatoms. The molecule has 5 rings (SSSR count). The van der Waals surface area contributed by atoms with Crippen molar-refractivity contribution < 1.29 is 14.4 Å². The molecular formula is C40H40N4O3S2. The van der Waals surface area contributed by atoms with Crippen LogP contribution in [0.1, 0.15) is 65.0 Å². The number of nitrogens with zero attached hydrogens (tertiary/aromatic N) is 1. The smallest absolute Gasteiger partial charge is 0.272 e. The van der Waals surface area contributed by atoms with E-state index in [9.17, 15) is 14.4 Å². The summed E-state index contributed by atoms with van der Waals surface area (Å²) in [6.07, 6.45) is 2.26. The highest BCUT2D eigenvalue weighted by molar-refractivity contribution is 8.00. The first-order valence-electron chi connectivity index (χ1n) is 16.2. The molecular weight excluding hydrogens is 649 g/mol. The summed E-state index contributed by atoms with van der Waals surface area (Å²) in [5, 5.41) is 8.93. The number of aryl methyl sites for hydroxylation is 2. The predicted molar refractivity (Wildman–Crippen MR) is 203 cm³/mol. The number of carbonyl (C=O) groups is 3. The van der Waals surface area contributed by atoms with Crippen molar-refractivity contribution in [1.29, 1.82) is 0 Å². The third kappa shape index (κ3) is 9.55. The topological polar surface area (TPSA) is 100 Å². The van der Waals surface area contributed by atoms with Gasteiger partial charge in [-0.05, 0) is 73.7 Å². The third-order valence-electron chi connectivity index (χ3n) is 7.83. The second-order valence-electron chi connectivity index (χ2n) is 12.0. The first-order valence-corrected chi connectivity index (χ1v) is 17.9. The molecule has 0 spiro atoms. The van der Waals surface area contributed by atoms with Crippen molar-refractivity contribution in [3.63, 3.8) is 0 Å². The number of thiazole rings is 1. The van der Waals surface area contributed by atoms with Crippen molar-refractivity contribution in [2.45, 2.75) is 57.1 Å². The average Bonchev–Trinajstić information content (AvgIpc) is 3.47. The zero-order chi connectivity index (χ0) is 34.9. The normalized spacial score (nSPS) is 12.0. The molecule has 0 saturated heterocycles. The fourth-order valence-corrected chi connectivity index (χ4v) is 6.89. The van der Waals surface area contributed by atoms with Crippen molar-refractivity contribution in [2.24, 2.45) is 0 Å². The number of amides is 3. The first-order chi connectivity index (χ1) is 23.6. The molecule has 3 N–H and O–H groups in total. The first kappa shape index (κ1) is 35.3. The minimum atomic E-state index is -0.465. The molecule has 5 aromatic rings. The number of aromatic nitrogens is 1. The van der Waals surface area contributed by atoms with Crippen LogP contribution in [-0.4, -0.2) is 28.0 Å². The van der Waals surface area contributed by atoms with Crippen molar-refractivity contribution >= 4 is 57.7 Å². The maximum atomic E-state index is 13.6. The van der Waals surface area contributed by atoms with Gasteiger partial charge in [0, 0.05) is 26.6 Å². The Bertz CT molecular complexity index is 1950. The van der Waals surface area contributed by atoms with Gasteiger partial charge in [0.2, 0.25) is 5.91 Å². The second kappa shape index (κ2) is 16.4. The fraction of sp³-hybridized carbons (Fsp3) is 0.200. The number of anilines is 2. The molecule has 250 valence electrons. The monoisotopic (exact) mass is 688 g/mol. The molecule has 0 saturated carbocycles. The molecule has 1 unspecified atom stereocenters. The van der Waals surface area contributed by atoms with Crippen LogP contribution in [0.25, 0.3) is 17.3 Å². The molecule has 49 heavy (non-hydrogen) atoms. The Morgan fingerprint density at radius 1 is 0.857 bits per heavy atom. The van der Waals surface area contributed by atoms with E-state index in [1.807, 2.05) is 81.4 Å². The molecule has 3 amide bonds. The van der Waals surface area contributed by atoms with Gasteiger partial charge in [-0.25, -0.2) is 4.98 Å². The van der Waals surface area contributed by atoms with Crippen LogP contribution >= 0.6 is 23.1 Å². The van der Waals surface area contributed by atoms with E-state index in [1.165, 1.54) is 34.2 Å². The molecule has 0 fully saturated rings. The molecule has 7 nitrogen and oxygen atoms in total. The van der Waals surface area contributed by atoms with E-state index < -0.39 is 5.91 Å². The van der Waals surface area contributed by atoms with Gasteiger partial charge < -0.3 is 16.0 Å². The lowest BCUT2D eigenvalue weighted by Crippen LogP contribution is -2.30. The van der Waals surface area contributed by atoms with Crippen molar-refractivity contribution in [3.05, 3.63) is 136 Å². The van der Waals surface area contributed by atoms with E-state index in [4.69, 9.17) is 4.98 Å².